The minimum absolute atomic E-state index is 0.0975. The van der Waals surface area contributed by atoms with Gasteiger partial charge in [0.15, 0.2) is 8.32 Å². The lowest BCUT2D eigenvalue weighted by molar-refractivity contribution is 0.289. The third kappa shape index (κ3) is 4.68. The van der Waals surface area contributed by atoms with E-state index >= 15 is 0 Å². The predicted octanol–water partition coefficient (Wildman–Crippen LogP) is 4.96. The molecule has 0 unspecified atom stereocenters. The van der Waals surface area contributed by atoms with E-state index < -0.39 is 8.32 Å². The molecule has 104 valence electrons. The Kier molecular flexibility index (Phi) is 5.66. The van der Waals surface area contributed by atoms with Gasteiger partial charge < -0.3 is 4.43 Å². The van der Waals surface area contributed by atoms with Crippen molar-refractivity contribution < 1.29 is 4.43 Å². The van der Waals surface area contributed by atoms with Crippen LogP contribution in [0.3, 0.4) is 0 Å². The van der Waals surface area contributed by atoms with E-state index in [1.165, 1.54) is 11.8 Å². The Bertz CT molecular complexity index is 434. The maximum absolute atomic E-state index is 8.96. The van der Waals surface area contributed by atoms with Gasteiger partial charge in [-0.3, -0.25) is 0 Å². The van der Waals surface area contributed by atoms with Crippen LogP contribution in [0.5, 0.6) is 0 Å². The van der Waals surface area contributed by atoms with Crippen molar-refractivity contribution in [2.24, 2.45) is 0 Å². The Hall–Kier alpha value is -0.763. The molecule has 1 atom stereocenters. The molecule has 0 amide bonds. The summed E-state index contributed by atoms with van der Waals surface area (Å²) >= 11 is 1.28. The van der Waals surface area contributed by atoms with Crippen LogP contribution in [0.25, 0.3) is 0 Å². The van der Waals surface area contributed by atoms with E-state index in [9.17, 15) is 0 Å². The van der Waals surface area contributed by atoms with Gasteiger partial charge in [-0.05, 0) is 35.5 Å². The fraction of sp³-hybridized carbons (Fsp3) is 0.533. The molecule has 0 spiro atoms. The number of nitriles is 1. The van der Waals surface area contributed by atoms with Gasteiger partial charge in [-0.25, -0.2) is 0 Å². The molecule has 0 bridgehead atoms. The largest absolute Gasteiger partial charge is 0.415 e. The van der Waals surface area contributed by atoms with Crippen LogP contribution < -0.4 is 0 Å². The van der Waals surface area contributed by atoms with Gasteiger partial charge in [0.05, 0.1) is 11.9 Å². The fourth-order valence-electron chi connectivity index (χ4n) is 1.43. The standard InChI is InChI=1S/C15H23NOSSi/c1-15(2,3)19(4,5)17-11-14(18-12-16)13-9-7-6-8-10-13/h6-10,14H,11H2,1-5H3/t14-/m0/s1. The molecule has 0 aliphatic rings. The maximum atomic E-state index is 8.96. The third-order valence-electron chi connectivity index (χ3n) is 3.77. The molecule has 19 heavy (non-hydrogen) atoms. The lowest BCUT2D eigenvalue weighted by atomic mass is 10.2. The summed E-state index contributed by atoms with van der Waals surface area (Å²) in [5, 5.41) is 11.4. The molecule has 0 saturated carbocycles. The van der Waals surface area contributed by atoms with Gasteiger partial charge >= 0.3 is 0 Å². The highest BCUT2D eigenvalue weighted by molar-refractivity contribution is 8.03. The van der Waals surface area contributed by atoms with Gasteiger partial charge in [0.1, 0.15) is 5.40 Å². The van der Waals surface area contributed by atoms with Crippen LogP contribution in [0.4, 0.5) is 0 Å². The molecule has 1 aromatic rings. The molecule has 1 aromatic carbocycles. The molecular weight excluding hydrogens is 270 g/mol. The first-order valence-electron chi connectivity index (χ1n) is 6.51. The lowest BCUT2D eigenvalue weighted by Crippen LogP contribution is -2.41. The monoisotopic (exact) mass is 293 g/mol. The zero-order valence-electron chi connectivity index (χ0n) is 12.4. The Morgan fingerprint density at radius 3 is 2.32 bits per heavy atom. The lowest BCUT2D eigenvalue weighted by Gasteiger charge is -2.37. The topological polar surface area (TPSA) is 33.0 Å². The van der Waals surface area contributed by atoms with Crippen molar-refractivity contribution in [2.45, 2.75) is 44.2 Å². The smallest absolute Gasteiger partial charge is 0.192 e. The van der Waals surface area contributed by atoms with Gasteiger partial charge in [-0.1, -0.05) is 51.1 Å². The summed E-state index contributed by atoms with van der Waals surface area (Å²) in [6, 6.07) is 10.1. The SMILES string of the molecule is CC(C)(C)[Si](C)(C)OC[C@H](SC#N)c1ccccc1. The van der Waals surface area contributed by atoms with E-state index in [2.05, 4.69) is 51.4 Å². The number of thiocyanates is 1. The normalized spacial score (nSPS) is 13.9. The summed E-state index contributed by atoms with van der Waals surface area (Å²) in [6.07, 6.45) is 0. The van der Waals surface area contributed by atoms with Crippen molar-refractivity contribution in [2.75, 3.05) is 6.61 Å². The minimum atomic E-state index is -1.75. The zero-order valence-corrected chi connectivity index (χ0v) is 14.3. The van der Waals surface area contributed by atoms with Crippen LogP contribution in [0.1, 0.15) is 31.6 Å². The van der Waals surface area contributed by atoms with E-state index in [1.54, 1.807) is 0 Å². The summed E-state index contributed by atoms with van der Waals surface area (Å²) in [4.78, 5) is 0. The van der Waals surface area contributed by atoms with Crippen molar-refractivity contribution in [3.05, 3.63) is 35.9 Å². The summed E-state index contributed by atoms with van der Waals surface area (Å²) in [6.45, 7) is 11.8. The Morgan fingerprint density at radius 2 is 1.84 bits per heavy atom. The third-order valence-corrected chi connectivity index (χ3v) is 9.07. The van der Waals surface area contributed by atoms with Crippen LogP contribution >= 0.6 is 11.8 Å². The highest BCUT2D eigenvalue weighted by atomic mass is 32.2. The second-order valence-electron chi connectivity index (χ2n) is 6.18. The number of rotatable bonds is 5. The van der Waals surface area contributed by atoms with Crippen molar-refractivity contribution >= 4 is 20.1 Å². The number of hydrogen-bond donors (Lipinski definition) is 0. The van der Waals surface area contributed by atoms with E-state index in [0.29, 0.717) is 6.61 Å². The van der Waals surface area contributed by atoms with Crippen LogP contribution in [-0.2, 0) is 4.43 Å². The second-order valence-corrected chi connectivity index (χ2v) is 12.0. The summed E-state index contributed by atoms with van der Waals surface area (Å²) < 4.78 is 6.23. The van der Waals surface area contributed by atoms with Crippen LogP contribution in [0.2, 0.25) is 18.1 Å². The molecule has 0 N–H and O–H groups in total. The maximum Gasteiger partial charge on any atom is 0.192 e. The van der Waals surface area contributed by atoms with Crippen molar-refractivity contribution in [1.82, 2.24) is 0 Å². The molecular formula is C15H23NOSSi. The molecule has 0 radical (unpaired) electrons. The van der Waals surface area contributed by atoms with Gasteiger partial charge in [0, 0.05) is 0 Å². The molecule has 0 saturated heterocycles. The number of thioether (sulfide) groups is 1. The van der Waals surface area contributed by atoms with E-state index in [1.807, 2.05) is 18.2 Å². The molecule has 0 fully saturated rings. The summed E-state index contributed by atoms with van der Waals surface area (Å²) in [5.41, 5.74) is 1.16. The van der Waals surface area contributed by atoms with Gasteiger partial charge in [0.2, 0.25) is 0 Å². The van der Waals surface area contributed by atoms with E-state index in [-0.39, 0.29) is 10.3 Å². The van der Waals surface area contributed by atoms with Crippen LogP contribution in [0, 0.1) is 10.7 Å². The highest BCUT2D eigenvalue weighted by Crippen LogP contribution is 2.38. The Morgan fingerprint density at radius 1 is 1.26 bits per heavy atom. The first kappa shape index (κ1) is 16.3. The fourth-order valence-corrected chi connectivity index (χ4v) is 3.12. The highest BCUT2D eigenvalue weighted by Gasteiger charge is 2.37. The number of benzene rings is 1. The zero-order chi connectivity index (χ0) is 14.5. The van der Waals surface area contributed by atoms with E-state index in [4.69, 9.17) is 9.69 Å². The van der Waals surface area contributed by atoms with Crippen molar-refractivity contribution in [3.8, 4) is 5.40 Å². The first-order valence-corrected chi connectivity index (χ1v) is 10.3. The quantitative estimate of drug-likeness (QED) is 0.568. The Labute approximate surface area is 122 Å². The van der Waals surface area contributed by atoms with Crippen LogP contribution in [-0.4, -0.2) is 14.9 Å². The molecule has 1 rings (SSSR count). The van der Waals surface area contributed by atoms with Crippen molar-refractivity contribution in [1.29, 1.82) is 5.26 Å². The van der Waals surface area contributed by atoms with E-state index in [0.717, 1.165) is 5.56 Å². The first-order chi connectivity index (χ1) is 8.78. The molecule has 2 nitrogen and oxygen atoms in total. The summed E-state index contributed by atoms with van der Waals surface area (Å²) in [5.74, 6) is 0. The average molecular weight is 294 g/mol. The predicted molar refractivity (Wildman–Crippen MR) is 85.5 cm³/mol. The molecule has 0 aromatic heterocycles. The average Bonchev–Trinajstić information content (AvgIpc) is 2.34. The summed E-state index contributed by atoms with van der Waals surface area (Å²) in [7, 11) is -1.75. The Balaban J connectivity index is 2.74. The molecule has 0 heterocycles. The molecule has 4 heteroatoms. The number of nitrogens with zero attached hydrogens (tertiary/aromatic N) is 1. The van der Waals surface area contributed by atoms with Crippen LogP contribution in [0.15, 0.2) is 30.3 Å². The molecule has 0 aliphatic heterocycles. The van der Waals surface area contributed by atoms with Gasteiger partial charge in [-0.15, -0.1) is 0 Å². The second kappa shape index (κ2) is 6.60. The molecule has 0 aliphatic carbocycles. The number of hydrogen-bond acceptors (Lipinski definition) is 3. The minimum Gasteiger partial charge on any atom is -0.415 e. The van der Waals surface area contributed by atoms with Gasteiger partial charge in [0.25, 0.3) is 0 Å². The van der Waals surface area contributed by atoms with Crippen molar-refractivity contribution in [3.63, 3.8) is 0 Å². The van der Waals surface area contributed by atoms with Gasteiger partial charge in [-0.2, -0.15) is 5.26 Å².